The number of carboxylic acid groups (broad SMARTS) is 1. The topological polar surface area (TPSA) is 76.7 Å². The Morgan fingerprint density at radius 2 is 1.91 bits per heavy atom. The van der Waals surface area contributed by atoms with Gasteiger partial charge in [0.05, 0.1) is 10.4 Å². The van der Waals surface area contributed by atoms with Crippen LogP contribution in [0.25, 0.3) is 22.3 Å². The third-order valence-electron chi connectivity index (χ3n) is 3.18. The molecular formula is C17H11ClO5. The van der Waals surface area contributed by atoms with Gasteiger partial charge in [0.25, 0.3) is 0 Å². The van der Waals surface area contributed by atoms with Crippen LogP contribution < -0.4 is 10.2 Å². The number of hydrogen-bond acceptors (Lipinski definition) is 4. The predicted octanol–water partition coefficient (Wildman–Crippen LogP) is 3.58. The SMILES string of the molecule is O=C(O)COc1cc(Cl)c2c(=O)cc(-c3ccccc3)oc2c1. The van der Waals surface area contributed by atoms with Crippen molar-refractivity contribution in [3.63, 3.8) is 0 Å². The summed E-state index contributed by atoms with van der Waals surface area (Å²) in [6.45, 7) is -0.509. The highest BCUT2D eigenvalue weighted by molar-refractivity contribution is 6.35. The van der Waals surface area contributed by atoms with E-state index >= 15 is 0 Å². The zero-order valence-corrected chi connectivity index (χ0v) is 12.5. The molecule has 23 heavy (non-hydrogen) atoms. The van der Waals surface area contributed by atoms with Crippen LogP contribution in [0.15, 0.2) is 57.7 Å². The second kappa shape index (κ2) is 6.14. The summed E-state index contributed by atoms with van der Waals surface area (Å²) in [6, 6.07) is 13.4. The van der Waals surface area contributed by atoms with Crippen LogP contribution in [0.5, 0.6) is 5.75 Å². The summed E-state index contributed by atoms with van der Waals surface area (Å²) in [4.78, 5) is 22.9. The molecule has 5 nitrogen and oxygen atoms in total. The molecule has 0 aliphatic rings. The fourth-order valence-corrected chi connectivity index (χ4v) is 2.48. The van der Waals surface area contributed by atoms with E-state index in [0.717, 1.165) is 5.56 Å². The number of hydrogen-bond donors (Lipinski definition) is 1. The van der Waals surface area contributed by atoms with Gasteiger partial charge >= 0.3 is 5.97 Å². The fourth-order valence-electron chi connectivity index (χ4n) is 2.19. The molecule has 2 aromatic carbocycles. The lowest BCUT2D eigenvalue weighted by Gasteiger charge is -2.08. The second-order valence-electron chi connectivity index (χ2n) is 4.80. The van der Waals surface area contributed by atoms with E-state index in [-0.39, 0.29) is 27.2 Å². The quantitative estimate of drug-likeness (QED) is 0.791. The van der Waals surface area contributed by atoms with Gasteiger partial charge in [-0.2, -0.15) is 0 Å². The lowest BCUT2D eigenvalue weighted by molar-refractivity contribution is -0.139. The molecule has 0 bridgehead atoms. The van der Waals surface area contributed by atoms with Crippen LogP contribution in [0.3, 0.4) is 0 Å². The first-order valence-electron chi connectivity index (χ1n) is 6.72. The second-order valence-corrected chi connectivity index (χ2v) is 5.21. The molecule has 116 valence electrons. The van der Waals surface area contributed by atoms with Crippen molar-refractivity contribution in [3.8, 4) is 17.1 Å². The van der Waals surface area contributed by atoms with Gasteiger partial charge in [0.15, 0.2) is 12.0 Å². The number of carboxylic acids is 1. The Morgan fingerprint density at radius 3 is 2.61 bits per heavy atom. The van der Waals surface area contributed by atoms with E-state index in [9.17, 15) is 9.59 Å². The molecule has 1 heterocycles. The normalized spacial score (nSPS) is 10.7. The van der Waals surface area contributed by atoms with Crippen LogP contribution in [0.2, 0.25) is 5.02 Å². The molecule has 3 aromatic rings. The van der Waals surface area contributed by atoms with E-state index in [2.05, 4.69) is 0 Å². The van der Waals surface area contributed by atoms with Crippen molar-refractivity contribution in [1.29, 1.82) is 0 Å². The average Bonchev–Trinajstić information content (AvgIpc) is 2.53. The molecule has 3 rings (SSSR count). The van der Waals surface area contributed by atoms with E-state index in [1.807, 2.05) is 30.3 Å². The first-order chi connectivity index (χ1) is 11.0. The fraction of sp³-hybridized carbons (Fsp3) is 0.0588. The van der Waals surface area contributed by atoms with Gasteiger partial charge in [-0.1, -0.05) is 41.9 Å². The van der Waals surface area contributed by atoms with Crippen molar-refractivity contribution in [1.82, 2.24) is 0 Å². The van der Waals surface area contributed by atoms with Crippen molar-refractivity contribution in [2.75, 3.05) is 6.61 Å². The van der Waals surface area contributed by atoms with Crippen molar-refractivity contribution in [3.05, 3.63) is 63.8 Å². The Bertz CT molecular complexity index is 931. The molecule has 0 amide bonds. The van der Waals surface area contributed by atoms with Gasteiger partial charge in [0, 0.05) is 17.7 Å². The van der Waals surface area contributed by atoms with Crippen LogP contribution >= 0.6 is 11.6 Å². The summed E-state index contributed by atoms with van der Waals surface area (Å²) >= 11 is 6.09. The van der Waals surface area contributed by atoms with Crippen molar-refractivity contribution in [2.45, 2.75) is 0 Å². The Kier molecular flexibility index (Phi) is 4.04. The molecule has 0 atom stereocenters. The maximum absolute atomic E-state index is 12.3. The number of benzene rings is 2. The van der Waals surface area contributed by atoms with E-state index in [1.165, 1.54) is 18.2 Å². The summed E-state index contributed by atoms with van der Waals surface area (Å²) in [5.41, 5.74) is 0.712. The van der Waals surface area contributed by atoms with Gasteiger partial charge in [-0.25, -0.2) is 4.79 Å². The standard InChI is InChI=1S/C17H11ClO5/c18-12-6-11(22-9-16(20)21)7-15-17(12)13(19)8-14(23-15)10-4-2-1-3-5-10/h1-8H,9H2,(H,20,21). The van der Waals surface area contributed by atoms with Gasteiger partial charge in [0.2, 0.25) is 0 Å². The van der Waals surface area contributed by atoms with Crippen LogP contribution in [0.4, 0.5) is 0 Å². The van der Waals surface area contributed by atoms with E-state index in [0.29, 0.717) is 5.76 Å². The van der Waals surface area contributed by atoms with E-state index < -0.39 is 12.6 Å². The van der Waals surface area contributed by atoms with Crippen LogP contribution in [-0.2, 0) is 4.79 Å². The van der Waals surface area contributed by atoms with Gasteiger partial charge in [0.1, 0.15) is 17.1 Å². The number of aliphatic carboxylic acids is 1. The first kappa shape index (κ1) is 15.1. The van der Waals surface area contributed by atoms with Crippen LogP contribution in [0, 0.1) is 0 Å². The Labute approximate surface area is 135 Å². The highest BCUT2D eigenvalue weighted by Crippen LogP contribution is 2.30. The molecule has 1 N–H and O–H groups in total. The molecule has 6 heteroatoms. The minimum atomic E-state index is -1.11. The number of rotatable bonds is 4. The number of halogens is 1. The molecule has 0 aliphatic carbocycles. The number of carbonyl (C=O) groups is 1. The molecule has 0 unspecified atom stereocenters. The van der Waals surface area contributed by atoms with Gasteiger partial charge < -0.3 is 14.3 Å². The van der Waals surface area contributed by atoms with Gasteiger partial charge in [-0.15, -0.1) is 0 Å². The Hall–Kier alpha value is -2.79. The largest absolute Gasteiger partial charge is 0.482 e. The maximum atomic E-state index is 12.3. The molecular weight excluding hydrogens is 320 g/mol. The van der Waals surface area contributed by atoms with Crippen LogP contribution in [-0.4, -0.2) is 17.7 Å². The minimum Gasteiger partial charge on any atom is -0.482 e. The average molecular weight is 331 g/mol. The van der Waals surface area contributed by atoms with Crippen molar-refractivity contribution >= 4 is 28.5 Å². The number of ether oxygens (including phenoxy) is 1. The molecule has 1 aromatic heterocycles. The van der Waals surface area contributed by atoms with Gasteiger partial charge in [-0.05, 0) is 6.07 Å². The summed E-state index contributed by atoms with van der Waals surface area (Å²) in [5.74, 6) is -0.492. The zero-order chi connectivity index (χ0) is 16.4. The Morgan fingerprint density at radius 1 is 1.17 bits per heavy atom. The lowest BCUT2D eigenvalue weighted by atomic mass is 10.1. The molecule has 0 saturated carbocycles. The number of fused-ring (bicyclic) bond motifs is 1. The highest BCUT2D eigenvalue weighted by atomic mass is 35.5. The molecule has 0 spiro atoms. The lowest BCUT2D eigenvalue weighted by Crippen LogP contribution is -2.09. The third kappa shape index (κ3) is 3.19. The molecule has 0 saturated heterocycles. The summed E-state index contributed by atoms with van der Waals surface area (Å²) in [5, 5.41) is 9.04. The monoisotopic (exact) mass is 330 g/mol. The third-order valence-corrected chi connectivity index (χ3v) is 3.47. The molecule has 0 fully saturated rings. The first-order valence-corrected chi connectivity index (χ1v) is 7.10. The van der Waals surface area contributed by atoms with Gasteiger partial charge in [-0.3, -0.25) is 4.79 Å². The molecule has 0 aliphatic heterocycles. The zero-order valence-electron chi connectivity index (χ0n) is 11.8. The molecule has 0 radical (unpaired) electrons. The Balaban J connectivity index is 2.14. The highest BCUT2D eigenvalue weighted by Gasteiger charge is 2.12. The van der Waals surface area contributed by atoms with Crippen molar-refractivity contribution in [2.24, 2.45) is 0 Å². The van der Waals surface area contributed by atoms with Crippen molar-refractivity contribution < 1.29 is 19.1 Å². The summed E-state index contributed by atoms with van der Waals surface area (Å²) in [7, 11) is 0. The van der Waals surface area contributed by atoms with E-state index in [1.54, 1.807) is 0 Å². The van der Waals surface area contributed by atoms with Crippen LogP contribution in [0.1, 0.15) is 0 Å². The predicted molar refractivity (Wildman–Crippen MR) is 86.1 cm³/mol. The smallest absolute Gasteiger partial charge is 0.341 e. The minimum absolute atomic E-state index is 0.149. The van der Waals surface area contributed by atoms with E-state index in [4.69, 9.17) is 25.9 Å². The summed E-state index contributed by atoms with van der Waals surface area (Å²) in [6.07, 6.45) is 0. The summed E-state index contributed by atoms with van der Waals surface area (Å²) < 4.78 is 10.8. The maximum Gasteiger partial charge on any atom is 0.341 e.